The van der Waals surface area contributed by atoms with E-state index in [4.69, 9.17) is 14.7 Å². The molecule has 1 aromatic carbocycles. The van der Waals surface area contributed by atoms with Crippen LogP contribution >= 0.6 is 0 Å². The van der Waals surface area contributed by atoms with Gasteiger partial charge in [-0.05, 0) is 12.1 Å². The maximum Gasteiger partial charge on any atom is 0.216 e. The maximum atomic E-state index is 13.8. The summed E-state index contributed by atoms with van der Waals surface area (Å²) in [6, 6.07) is 11.5. The third kappa shape index (κ3) is 3.15. The SMILES string of the molecule is N#Cc1cccc(F)c1COc1cccc(OC2CNC2)n1. The number of aromatic nitrogens is 1. The molecule has 0 saturated carbocycles. The number of ether oxygens (including phenoxy) is 2. The molecule has 1 N–H and O–H groups in total. The minimum atomic E-state index is -0.466. The van der Waals surface area contributed by atoms with Gasteiger partial charge in [0.2, 0.25) is 11.8 Å². The number of nitriles is 1. The molecule has 1 saturated heterocycles. The van der Waals surface area contributed by atoms with Crippen molar-refractivity contribution in [1.82, 2.24) is 10.3 Å². The van der Waals surface area contributed by atoms with E-state index in [2.05, 4.69) is 10.3 Å². The molecule has 0 amide bonds. The Morgan fingerprint density at radius 3 is 2.73 bits per heavy atom. The molecule has 1 aliphatic heterocycles. The Labute approximate surface area is 127 Å². The highest BCUT2D eigenvalue weighted by Gasteiger charge is 2.19. The molecule has 2 heterocycles. The Bertz CT molecular complexity index is 711. The van der Waals surface area contributed by atoms with Crippen LogP contribution in [0.5, 0.6) is 11.8 Å². The van der Waals surface area contributed by atoms with Gasteiger partial charge in [-0.25, -0.2) is 4.39 Å². The quantitative estimate of drug-likeness (QED) is 0.915. The Morgan fingerprint density at radius 2 is 2.00 bits per heavy atom. The number of benzene rings is 1. The van der Waals surface area contributed by atoms with Crippen molar-refractivity contribution in [3.8, 4) is 17.8 Å². The summed E-state index contributed by atoms with van der Waals surface area (Å²) in [6.07, 6.45) is 0.125. The van der Waals surface area contributed by atoms with Gasteiger partial charge in [-0.3, -0.25) is 0 Å². The standard InChI is InChI=1S/C16H14FN3O2/c17-14-4-1-3-11(7-18)13(14)10-21-15-5-2-6-16(20-15)22-12-8-19-9-12/h1-6,12,19H,8-10H2. The molecule has 0 spiro atoms. The highest BCUT2D eigenvalue weighted by Crippen LogP contribution is 2.19. The number of nitrogens with one attached hydrogen (secondary N) is 1. The van der Waals surface area contributed by atoms with Gasteiger partial charge in [0.15, 0.2) is 0 Å². The predicted octanol–water partition coefficient (Wildman–Crippen LogP) is 2.02. The normalized spacial score (nSPS) is 14.0. The summed E-state index contributed by atoms with van der Waals surface area (Å²) in [4.78, 5) is 4.22. The number of hydrogen-bond acceptors (Lipinski definition) is 5. The second-order valence-electron chi connectivity index (χ2n) is 4.88. The van der Waals surface area contributed by atoms with Gasteiger partial charge in [-0.15, -0.1) is 0 Å². The van der Waals surface area contributed by atoms with Crippen molar-refractivity contribution in [2.75, 3.05) is 13.1 Å². The van der Waals surface area contributed by atoms with E-state index in [1.165, 1.54) is 12.1 Å². The lowest BCUT2D eigenvalue weighted by molar-refractivity contribution is 0.134. The van der Waals surface area contributed by atoms with Crippen LogP contribution < -0.4 is 14.8 Å². The van der Waals surface area contributed by atoms with Crippen molar-refractivity contribution in [1.29, 1.82) is 5.26 Å². The van der Waals surface area contributed by atoms with Crippen LogP contribution in [0.2, 0.25) is 0 Å². The minimum absolute atomic E-state index is 0.0585. The van der Waals surface area contributed by atoms with Gasteiger partial charge in [0.05, 0.1) is 11.6 Å². The summed E-state index contributed by atoms with van der Waals surface area (Å²) in [5.74, 6) is 0.335. The summed E-state index contributed by atoms with van der Waals surface area (Å²) in [5, 5.41) is 12.1. The van der Waals surface area contributed by atoms with Crippen LogP contribution in [-0.4, -0.2) is 24.2 Å². The molecule has 3 rings (SSSR count). The number of halogens is 1. The van der Waals surface area contributed by atoms with Gasteiger partial charge < -0.3 is 14.8 Å². The van der Waals surface area contributed by atoms with Crippen LogP contribution in [-0.2, 0) is 6.61 Å². The molecule has 1 aliphatic rings. The molecule has 0 unspecified atom stereocenters. The fraction of sp³-hybridized carbons (Fsp3) is 0.250. The first kappa shape index (κ1) is 14.3. The molecular weight excluding hydrogens is 285 g/mol. The van der Waals surface area contributed by atoms with Gasteiger partial charge in [0.1, 0.15) is 18.5 Å². The van der Waals surface area contributed by atoms with E-state index >= 15 is 0 Å². The highest BCUT2D eigenvalue weighted by atomic mass is 19.1. The average molecular weight is 299 g/mol. The summed E-state index contributed by atoms with van der Waals surface area (Å²) in [6.45, 7) is 1.54. The van der Waals surface area contributed by atoms with E-state index in [9.17, 15) is 4.39 Å². The molecular formula is C16H14FN3O2. The van der Waals surface area contributed by atoms with Crippen LogP contribution in [0, 0.1) is 17.1 Å². The topological polar surface area (TPSA) is 67.2 Å². The zero-order valence-electron chi connectivity index (χ0n) is 11.8. The van der Waals surface area contributed by atoms with Gasteiger partial charge in [-0.2, -0.15) is 10.2 Å². The largest absolute Gasteiger partial charge is 0.473 e. The van der Waals surface area contributed by atoms with Crippen molar-refractivity contribution in [2.24, 2.45) is 0 Å². The predicted molar refractivity (Wildman–Crippen MR) is 77.0 cm³/mol. The monoisotopic (exact) mass is 299 g/mol. The van der Waals surface area contributed by atoms with E-state index < -0.39 is 5.82 Å². The third-order valence-electron chi connectivity index (χ3n) is 3.33. The summed E-state index contributed by atoms with van der Waals surface area (Å²) >= 11 is 0. The van der Waals surface area contributed by atoms with Gasteiger partial charge in [-0.1, -0.05) is 12.1 Å². The van der Waals surface area contributed by atoms with Crippen molar-refractivity contribution >= 4 is 0 Å². The van der Waals surface area contributed by atoms with E-state index in [1.807, 2.05) is 6.07 Å². The molecule has 1 fully saturated rings. The molecule has 0 aliphatic carbocycles. The van der Waals surface area contributed by atoms with Crippen LogP contribution in [0.4, 0.5) is 4.39 Å². The lowest BCUT2D eigenvalue weighted by Gasteiger charge is -2.27. The van der Waals surface area contributed by atoms with Crippen molar-refractivity contribution in [3.05, 3.63) is 53.3 Å². The Balaban J connectivity index is 1.69. The van der Waals surface area contributed by atoms with Crippen LogP contribution in [0.25, 0.3) is 0 Å². The van der Waals surface area contributed by atoms with E-state index in [0.29, 0.717) is 11.8 Å². The molecule has 0 bridgehead atoms. The van der Waals surface area contributed by atoms with Gasteiger partial charge >= 0.3 is 0 Å². The van der Waals surface area contributed by atoms with Crippen molar-refractivity contribution in [3.63, 3.8) is 0 Å². The lowest BCUT2D eigenvalue weighted by Crippen LogP contribution is -2.50. The molecule has 1 aromatic heterocycles. The minimum Gasteiger partial charge on any atom is -0.473 e. The molecule has 112 valence electrons. The molecule has 5 nitrogen and oxygen atoms in total. The van der Waals surface area contributed by atoms with Gasteiger partial charge in [0.25, 0.3) is 0 Å². The molecule has 2 aromatic rings. The molecule has 0 radical (unpaired) electrons. The summed E-state index contributed by atoms with van der Waals surface area (Å²) < 4.78 is 24.9. The van der Waals surface area contributed by atoms with E-state index in [1.54, 1.807) is 24.3 Å². The number of nitrogens with zero attached hydrogens (tertiary/aromatic N) is 2. The highest BCUT2D eigenvalue weighted by molar-refractivity contribution is 5.38. The first-order chi connectivity index (χ1) is 10.8. The van der Waals surface area contributed by atoms with Crippen molar-refractivity contribution < 1.29 is 13.9 Å². The summed E-state index contributed by atoms with van der Waals surface area (Å²) in [7, 11) is 0. The Kier molecular flexibility index (Phi) is 4.17. The van der Waals surface area contributed by atoms with E-state index in [0.717, 1.165) is 13.1 Å². The number of pyridine rings is 1. The Morgan fingerprint density at radius 1 is 1.23 bits per heavy atom. The smallest absolute Gasteiger partial charge is 0.216 e. The number of rotatable bonds is 5. The lowest BCUT2D eigenvalue weighted by atomic mass is 10.1. The van der Waals surface area contributed by atoms with E-state index in [-0.39, 0.29) is 23.8 Å². The number of hydrogen-bond donors (Lipinski definition) is 1. The zero-order valence-corrected chi connectivity index (χ0v) is 11.8. The fourth-order valence-corrected chi connectivity index (χ4v) is 2.01. The molecule has 22 heavy (non-hydrogen) atoms. The van der Waals surface area contributed by atoms with Gasteiger partial charge in [0, 0.05) is 30.8 Å². The fourth-order valence-electron chi connectivity index (χ4n) is 2.01. The summed E-state index contributed by atoms with van der Waals surface area (Å²) in [5.41, 5.74) is 0.481. The zero-order chi connectivity index (χ0) is 15.4. The third-order valence-corrected chi connectivity index (χ3v) is 3.33. The first-order valence-electron chi connectivity index (χ1n) is 6.91. The van der Waals surface area contributed by atoms with Crippen LogP contribution in [0.1, 0.15) is 11.1 Å². The average Bonchev–Trinajstić information content (AvgIpc) is 2.50. The first-order valence-corrected chi connectivity index (χ1v) is 6.91. The van der Waals surface area contributed by atoms with Crippen LogP contribution in [0.3, 0.4) is 0 Å². The maximum absolute atomic E-state index is 13.8. The second-order valence-corrected chi connectivity index (χ2v) is 4.88. The molecule has 6 heteroatoms. The van der Waals surface area contributed by atoms with Crippen LogP contribution in [0.15, 0.2) is 36.4 Å². The molecule has 0 atom stereocenters. The van der Waals surface area contributed by atoms with Crippen molar-refractivity contribution in [2.45, 2.75) is 12.7 Å². The Hall–Kier alpha value is -2.65. The second kappa shape index (κ2) is 6.41.